The molecule has 1 heterocycles. The van der Waals surface area contributed by atoms with E-state index in [1.54, 1.807) is 19.9 Å². The summed E-state index contributed by atoms with van der Waals surface area (Å²) in [7, 11) is 0. The van der Waals surface area contributed by atoms with E-state index in [1.165, 1.54) is 0 Å². The Morgan fingerprint density at radius 2 is 1.84 bits per heavy atom. The van der Waals surface area contributed by atoms with E-state index in [0.717, 1.165) is 12.0 Å². The van der Waals surface area contributed by atoms with Crippen LogP contribution >= 0.6 is 0 Å². The molecule has 2 N–H and O–H groups in total. The van der Waals surface area contributed by atoms with Crippen molar-refractivity contribution in [2.45, 2.75) is 38.8 Å². The first-order valence-corrected chi connectivity index (χ1v) is 6.76. The highest BCUT2D eigenvalue weighted by Gasteiger charge is 2.28. The molecule has 3 nitrogen and oxygen atoms in total. The second-order valence-corrected chi connectivity index (χ2v) is 5.53. The van der Waals surface area contributed by atoms with Gasteiger partial charge in [-0.2, -0.15) is 0 Å². The van der Waals surface area contributed by atoms with Crippen LogP contribution in [0.25, 0.3) is 0 Å². The topological polar surface area (TPSA) is 44.5 Å². The lowest BCUT2D eigenvalue weighted by atomic mass is 9.86. The molecule has 0 radical (unpaired) electrons. The summed E-state index contributed by atoms with van der Waals surface area (Å²) in [5, 5.41) is 0. The van der Waals surface area contributed by atoms with Gasteiger partial charge in [0.1, 0.15) is 18.9 Å². The molecule has 0 aromatic heterocycles. The average Bonchev–Trinajstić information content (AvgIpc) is 2.36. The van der Waals surface area contributed by atoms with Gasteiger partial charge in [-0.25, -0.2) is 4.39 Å². The number of hydrogen-bond donors (Lipinski definition) is 1. The van der Waals surface area contributed by atoms with Crippen LogP contribution in [0.4, 0.5) is 4.39 Å². The van der Waals surface area contributed by atoms with Crippen molar-refractivity contribution in [2.75, 3.05) is 19.8 Å². The van der Waals surface area contributed by atoms with Gasteiger partial charge in [-0.3, -0.25) is 0 Å². The molecule has 1 atom stereocenters. The van der Waals surface area contributed by atoms with Gasteiger partial charge in [-0.1, -0.05) is 6.92 Å². The molecule has 1 aromatic carbocycles. The largest absolute Gasteiger partial charge is 0.486 e. The maximum atomic E-state index is 14.4. The molecular weight excluding hydrogens is 245 g/mol. The molecule has 0 bridgehead atoms. The zero-order chi connectivity index (χ0) is 14.0. The van der Waals surface area contributed by atoms with Crippen molar-refractivity contribution in [1.82, 2.24) is 0 Å². The summed E-state index contributed by atoms with van der Waals surface area (Å²) in [5.41, 5.74) is 5.83. The van der Waals surface area contributed by atoms with E-state index in [0.29, 0.717) is 36.8 Å². The Morgan fingerprint density at radius 1 is 1.26 bits per heavy atom. The van der Waals surface area contributed by atoms with Crippen LogP contribution in [-0.2, 0) is 5.67 Å². The van der Waals surface area contributed by atoms with Gasteiger partial charge in [-0.05, 0) is 56.0 Å². The van der Waals surface area contributed by atoms with Crippen LogP contribution in [-0.4, -0.2) is 19.8 Å². The highest BCUT2D eigenvalue weighted by Crippen LogP contribution is 2.41. The molecule has 1 aliphatic rings. The second kappa shape index (κ2) is 5.37. The first-order valence-electron chi connectivity index (χ1n) is 6.76. The molecule has 0 amide bonds. The fourth-order valence-electron chi connectivity index (χ4n) is 2.43. The van der Waals surface area contributed by atoms with Crippen LogP contribution in [0.1, 0.15) is 44.2 Å². The van der Waals surface area contributed by atoms with Gasteiger partial charge in [0.25, 0.3) is 0 Å². The molecule has 19 heavy (non-hydrogen) atoms. The molecule has 0 saturated heterocycles. The van der Waals surface area contributed by atoms with Crippen molar-refractivity contribution in [2.24, 2.45) is 5.73 Å². The van der Waals surface area contributed by atoms with Crippen molar-refractivity contribution >= 4 is 0 Å². The van der Waals surface area contributed by atoms with Gasteiger partial charge in [0, 0.05) is 0 Å². The van der Waals surface area contributed by atoms with Gasteiger partial charge in [0.15, 0.2) is 11.5 Å². The second-order valence-electron chi connectivity index (χ2n) is 5.53. The number of rotatable bonds is 4. The summed E-state index contributed by atoms with van der Waals surface area (Å²) in [6.07, 6.45) is 0.822. The molecule has 0 fully saturated rings. The minimum atomic E-state index is -1.41. The molecule has 1 aliphatic heterocycles. The van der Waals surface area contributed by atoms with Crippen molar-refractivity contribution in [1.29, 1.82) is 0 Å². The van der Waals surface area contributed by atoms with E-state index >= 15 is 0 Å². The van der Waals surface area contributed by atoms with Crippen LogP contribution < -0.4 is 15.2 Å². The summed E-state index contributed by atoms with van der Waals surface area (Å²) in [6.45, 7) is 6.83. The first-order chi connectivity index (χ1) is 8.93. The number of hydrogen-bond acceptors (Lipinski definition) is 3. The Bertz CT molecular complexity index is 454. The lowest BCUT2D eigenvalue weighted by molar-refractivity contribution is 0.168. The standard InChI is InChI=1S/C15H22FNO2/c1-10(4-5-17)11-8-13-14(19-7-6-18-13)9-12(11)15(2,3)16/h8-10H,4-7,17H2,1-3H3. The third-order valence-corrected chi connectivity index (χ3v) is 3.49. The summed E-state index contributed by atoms with van der Waals surface area (Å²) < 4.78 is 25.5. The molecule has 0 aliphatic carbocycles. The fourth-order valence-corrected chi connectivity index (χ4v) is 2.43. The number of halogens is 1. The lowest BCUT2D eigenvalue weighted by Crippen LogP contribution is -2.20. The maximum absolute atomic E-state index is 14.4. The Morgan fingerprint density at radius 3 is 2.37 bits per heavy atom. The van der Waals surface area contributed by atoms with Gasteiger partial charge in [-0.15, -0.1) is 0 Å². The zero-order valence-electron chi connectivity index (χ0n) is 11.8. The Labute approximate surface area is 113 Å². The quantitative estimate of drug-likeness (QED) is 0.911. The summed E-state index contributed by atoms with van der Waals surface area (Å²) >= 11 is 0. The summed E-state index contributed by atoms with van der Waals surface area (Å²) in [4.78, 5) is 0. The van der Waals surface area contributed by atoms with E-state index in [-0.39, 0.29) is 5.92 Å². The summed E-state index contributed by atoms with van der Waals surface area (Å²) in [5.74, 6) is 1.54. The number of ether oxygens (including phenoxy) is 2. The minimum Gasteiger partial charge on any atom is -0.486 e. The third kappa shape index (κ3) is 3.00. The van der Waals surface area contributed by atoms with Gasteiger partial charge in [0.2, 0.25) is 0 Å². The Balaban J connectivity index is 2.49. The van der Waals surface area contributed by atoms with Gasteiger partial charge in [0.05, 0.1) is 0 Å². The molecule has 2 rings (SSSR count). The summed E-state index contributed by atoms with van der Waals surface area (Å²) in [6, 6.07) is 3.68. The Hall–Kier alpha value is -1.29. The highest BCUT2D eigenvalue weighted by molar-refractivity contribution is 5.50. The van der Waals surface area contributed by atoms with E-state index in [1.807, 2.05) is 6.07 Å². The van der Waals surface area contributed by atoms with Crippen LogP contribution in [0.3, 0.4) is 0 Å². The van der Waals surface area contributed by atoms with Crippen molar-refractivity contribution in [3.05, 3.63) is 23.3 Å². The highest BCUT2D eigenvalue weighted by atomic mass is 19.1. The van der Waals surface area contributed by atoms with Crippen LogP contribution in [0.2, 0.25) is 0 Å². The monoisotopic (exact) mass is 267 g/mol. The van der Waals surface area contributed by atoms with Gasteiger partial charge >= 0.3 is 0 Å². The van der Waals surface area contributed by atoms with E-state index in [9.17, 15) is 4.39 Å². The molecule has 0 saturated carbocycles. The lowest BCUT2D eigenvalue weighted by Gasteiger charge is -2.27. The Kier molecular flexibility index (Phi) is 3.99. The van der Waals surface area contributed by atoms with E-state index in [2.05, 4.69) is 6.92 Å². The molecule has 0 spiro atoms. The SMILES string of the molecule is CC(CCN)c1cc2c(cc1C(C)(C)F)OCCO2. The average molecular weight is 267 g/mol. The predicted molar refractivity (Wildman–Crippen MR) is 73.7 cm³/mol. The number of alkyl halides is 1. The molecule has 1 unspecified atom stereocenters. The minimum absolute atomic E-state index is 0.200. The first kappa shape index (κ1) is 14.1. The zero-order valence-corrected chi connectivity index (χ0v) is 11.8. The van der Waals surface area contributed by atoms with Gasteiger partial charge < -0.3 is 15.2 Å². The predicted octanol–water partition coefficient (Wildman–Crippen LogP) is 3.11. The van der Waals surface area contributed by atoms with Crippen LogP contribution in [0.15, 0.2) is 12.1 Å². The smallest absolute Gasteiger partial charge is 0.161 e. The van der Waals surface area contributed by atoms with Crippen molar-refractivity contribution < 1.29 is 13.9 Å². The molecule has 4 heteroatoms. The van der Waals surface area contributed by atoms with E-state index in [4.69, 9.17) is 15.2 Å². The number of nitrogens with two attached hydrogens (primary N) is 1. The molecule has 106 valence electrons. The molecule has 1 aromatic rings. The number of benzene rings is 1. The molecular formula is C15H22FNO2. The van der Waals surface area contributed by atoms with Crippen LogP contribution in [0, 0.1) is 0 Å². The van der Waals surface area contributed by atoms with Crippen molar-refractivity contribution in [3.8, 4) is 11.5 Å². The van der Waals surface area contributed by atoms with Crippen LogP contribution in [0.5, 0.6) is 11.5 Å². The third-order valence-electron chi connectivity index (χ3n) is 3.49. The van der Waals surface area contributed by atoms with Crippen molar-refractivity contribution in [3.63, 3.8) is 0 Å². The number of fused-ring (bicyclic) bond motifs is 1. The maximum Gasteiger partial charge on any atom is 0.161 e. The van der Waals surface area contributed by atoms with E-state index < -0.39 is 5.67 Å². The fraction of sp³-hybridized carbons (Fsp3) is 0.600. The normalized spacial score (nSPS) is 16.3.